The van der Waals surface area contributed by atoms with E-state index in [4.69, 9.17) is 9.47 Å². The zero-order valence-electron chi connectivity index (χ0n) is 23.6. The molecule has 0 spiro atoms. The van der Waals surface area contributed by atoms with Gasteiger partial charge in [-0.1, -0.05) is 42.5 Å². The molecule has 0 fully saturated rings. The van der Waals surface area contributed by atoms with Crippen LogP contribution in [0.15, 0.2) is 96.8 Å². The number of aliphatic hydroxyl groups is 1. The van der Waals surface area contributed by atoms with E-state index < -0.39 is 16.7 Å². The predicted octanol–water partition coefficient (Wildman–Crippen LogP) is 7.12. The van der Waals surface area contributed by atoms with Crippen LogP contribution >= 0.6 is 0 Å². The summed E-state index contributed by atoms with van der Waals surface area (Å²) in [5.74, 6) is -1.25. The molecule has 5 rings (SSSR count). The maximum Gasteiger partial charge on any atom is 0.373 e. The number of nitro benzene ring substituents is 1. The Kier molecular flexibility index (Phi) is 9.00. The van der Waals surface area contributed by atoms with Crippen LogP contribution in [0.2, 0.25) is 0 Å². The lowest BCUT2D eigenvalue weighted by molar-refractivity contribution is -0.385. The van der Waals surface area contributed by atoms with E-state index in [9.17, 15) is 24.4 Å². The average molecular weight is 583 g/mol. The lowest BCUT2D eigenvalue weighted by Crippen LogP contribution is -2.36. The van der Waals surface area contributed by atoms with Gasteiger partial charge in [0.25, 0.3) is 5.69 Å². The summed E-state index contributed by atoms with van der Waals surface area (Å²) in [6.45, 7) is 2.76. The second kappa shape index (κ2) is 13.2. The van der Waals surface area contributed by atoms with E-state index in [1.807, 2.05) is 48.5 Å². The molecule has 1 aliphatic heterocycles. The van der Waals surface area contributed by atoms with Gasteiger partial charge in [-0.15, -0.1) is 0 Å². The van der Waals surface area contributed by atoms with Crippen LogP contribution < -0.4 is 9.64 Å². The molecule has 0 saturated carbocycles. The Bertz CT molecular complexity index is 1640. The molecular weight excluding hydrogens is 551 g/mol. The van der Waals surface area contributed by atoms with E-state index in [0.29, 0.717) is 25.1 Å². The number of carbonyl (C=O) groups excluding carboxylic acids is 1. The Morgan fingerprint density at radius 2 is 1.81 bits per heavy atom. The highest BCUT2D eigenvalue weighted by molar-refractivity contribution is 5.91. The van der Waals surface area contributed by atoms with Crippen LogP contribution in [0.5, 0.6) is 5.75 Å². The van der Waals surface area contributed by atoms with E-state index in [1.165, 1.54) is 24.3 Å². The van der Waals surface area contributed by atoms with Crippen LogP contribution in [0.1, 0.15) is 40.8 Å². The number of aliphatic hydroxyl groups excluding tert-OH is 1. The first kappa shape index (κ1) is 29.3. The molecule has 1 atom stereocenters. The SMILES string of the molecule is CCOC(=O)C(O)=Cc1ccc(CC2c3ccc(OCc4ccccc4)cc3CCN2c2ccc(F)cc2)cc1[N+](=O)[O-]. The van der Waals surface area contributed by atoms with Crippen LogP contribution in [-0.2, 0) is 29.0 Å². The quantitative estimate of drug-likeness (QED) is 0.0698. The Morgan fingerprint density at radius 1 is 1.05 bits per heavy atom. The molecule has 4 aromatic rings. The molecule has 0 saturated heterocycles. The van der Waals surface area contributed by atoms with Crippen molar-refractivity contribution in [3.05, 3.63) is 141 Å². The van der Waals surface area contributed by atoms with Gasteiger partial charge in [0.2, 0.25) is 5.76 Å². The number of rotatable bonds is 10. The van der Waals surface area contributed by atoms with Gasteiger partial charge >= 0.3 is 5.97 Å². The molecule has 1 heterocycles. The molecule has 0 aromatic heterocycles. The summed E-state index contributed by atoms with van der Waals surface area (Å²) >= 11 is 0. The maximum atomic E-state index is 13.8. The molecule has 0 amide bonds. The summed E-state index contributed by atoms with van der Waals surface area (Å²) in [7, 11) is 0. The number of ether oxygens (including phenoxy) is 2. The van der Waals surface area contributed by atoms with E-state index in [-0.39, 0.29) is 29.7 Å². The average Bonchev–Trinajstić information content (AvgIpc) is 3.01. The van der Waals surface area contributed by atoms with Gasteiger partial charge in [-0.2, -0.15) is 0 Å². The number of nitro groups is 1. The highest BCUT2D eigenvalue weighted by Gasteiger charge is 2.29. The van der Waals surface area contributed by atoms with Gasteiger partial charge in [0.15, 0.2) is 0 Å². The number of carbonyl (C=O) groups is 1. The molecule has 0 aliphatic carbocycles. The normalized spacial score (nSPS) is 14.6. The number of anilines is 1. The molecule has 0 bridgehead atoms. The van der Waals surface area contributed by atoms with Crippen molar-refractivity contribution in [2.24, 2.45) is 0 Å². The number of fused-ring (bicyclic) bond motifs is 1. The molecule has 8 nitrogen and oxygen atoms in total. The maximum absolute atomic E-state index is 13.8. The number of hydrogen-bond donors (Lipinski definition) is 1. The van der Waals surface area contributed by atoms with Crippen molar-refractivity contribution in [3.8, 4) is 5.75 Å². The highest BCUT2D eigenvalue weighted by atomic mass is 19.1. The Labute approximate surface area is 248 Å². The number of benzene rings is 4. The molecule has 9 heteroatoms. The van der Waals surface area contributed by atoms with Gasteiger partial charge in [-0.25, -0.2) is 9.18 Å². The monoisotopic (exact) mass is 582 g/mol. The van der Waals surface area contributed by atoms with Gasteiger partial charge in [-0.05, 0) is 84.5 Å². The lowest BCUT2D eigenvalue weighted by Gasteiger charge is -2.39. The van der Waals surface area contributed by atoms with Crippen molar-refractivity contribution >= 4 is 23.4 Å². The Hall–Kier alpha value is -5.18. The minimum atomic E-state index is -0.957. The topological polar surface area (TPSA) is 102 Å². The zero-order chi connectivity index (χ0) is 30.3. The third-order valence-electron chi connectivity index (χ3n) is 7.38. The highest BCUT2D eigenvalue weighted by Crippen LogP contribution is 2.38. The lowest BCUT2D eigenvalue weighted by atomic mass is 9.87. The molecular formula is C34H31FN2O6. The summed E-state index contributed by atoms with van der Waals surface area (Å²) in [4.78, 5) is 25.5. The number of halogens is 1. The number of esters is 1. The van der Waals surface area contributed by atoms with Crippen molar-refractivity contribution < 1.29 is 28.7 Å². The van der Waals surface area contributed by atoms with Crippen LogP contribution in [0.25, 0.3) is 6.08 Å². The summed E-state index contributed by atoms with van der Waals surface area (Å²) in [5.41, 5.74) is 4.60. The fourth-order valence-electron chi connectivity index (χ4n) is 5.31. The fourth-order valence-corrected chi connectivity index (χ4v) is 5.31. The van der Waals surface area contributed by atoms with E-state index in [2.05, 4.69) is 4.90 Å². The zero-order valence-corrected chi connectivity index (χ0v) is 23.6. The Morgan fingerprint density at radius 3 is 2.53 bits per heavy atom. The van der Waals surface area contributed by atoms with Crippen molar-refractivity contribution in [1.29, 1.82) is 0 Å². The summed E-state index contributed by atoms with van der Waals surface area (Å²) < 4.78 is 24.6. The molecule has 1 N–H and O–H groups in total. The van der Waals surface area contributed by atoms with E-state index >= 15 is 0 Å². The van der Waals surface area contributed by atoms with Gasteiger partial charge in [0, 0.05) is 24.4 Å². The number of nitrogens with zero attached hydrogens (tertiary/aromatic N) is 2. The van der Waals surface area contributed by atoms with Crippen LogP contribution in [0, 0.1) is 15.9 Å². The van der Waals surface area contributed by atoms with Gasteiger partial charge in [0.05, 0.1) is 23.1 Å². The first-order chi connectivity index (χ1) is 20.8. The smallest absolute Gasteiger partial charge is 0.373 e. The third kappa shape index (κ3) is 7.01. The molecule has 1 aliphatic rings. The first-order valence-electron chi connectivity index (χ1n) is 14.0. The molecule has 4 aromatic carbocycles. The van der Waals surface area contributed by atoms with Gasteiger partial charge in [-0.3, -0.25) is 10.1 Å². The van der Waals surface area contributed by atoms with Crippen molar-refractivity contribution in [2.75, 3.05) is 18.1 Å². The first-order valence-corrected chi connectivity index (χ1v) is 14.0. The van der Waals surface area contributed by atoms with E-state index in [0.717, 1.165) is 40.6 Å². The fraction of sp³-hybridized carbons (Fsp3) is 0.206. The number of hydrogen-bond acceptors (Lipinski definition) is 7. The second-order valence-electron chi connectivity index (χ2n) is 10.2. The minimum Gasteiger partial charge on any atom is -0.502 e. The summed E-state index contributed by atoms with van der Waals surface area (Å²) in [6, 6.07) is 26.7. The largest absolute Gasteiger partial charge is 0.502 e. The van der Waals surface area contributed by atoms with Crippen molar-refractivity contribution in [1.82, 2.24) is 0 Å². The van der Waals surface area contributed by atoms with Crippen molar-refractivity contribution in [2.45, 2.75) is 32.4 Å². The predicted molar refractivity (Wildman–Crippen MR) is 161 cm³/mol. The molecule has 43 heavy (non-hydrogen) atoms. The standard InChI is InChI=1S/C34H31FN2O6/c1-2-42-34(39)33(38)21-26-9-8-24(18-31(26)37(40)41)19-32-30-15-14-29(43-22-23-6-4-3-5-7-23)20-25(30)16-17-36(32)28-12-10-27(35)11-13-28/h3-15,18,20-21,32,38H,2,16-17,19,22H2,1H3. The van der Waals surface area contributed by atoms with Crippen LogP contribution in [0.4, 0.5) is 15.8 Å². The molecule has 1 unspecified atom stereocenters. The Balaban J connectivity index is 1.47. The van der Waals surface area contributed by atoms with Crippen LogP contribution in [-0.4, -0.2) is 29.2 Å². The third-order valence-corrected chi connectivity index (χ3v) is 7.38. The van der Waals surface area contributed by atoms with E-state index in [1.54, 1.807) is 25.1 Å². The van der Waals surface area contributed by atoms with Crippen molar-refractivity contribution in [3.63, 3.8) is 0 Å². The second-order valence-corrected chi connectivity index (χ2v) is 10.2. The van der Waals surface area contributed by atoms with Gasteiger partial charge < -0.3 is 19.5 Å². The molecule has 0 radical (unpaired) electrons. The minimum absolute atomic E-state index is 0.0613. The molecule has 220 valence electrons. The summed E-state index contributed by atoms with van der Waals surface area (Å²) in [6.07, 6.45) is 2.20. The van der Waals surface area contributed by atoms with Crippen LogP contribution in [0.3, 0.4) is 0 Å². The van der Waals surface area contributed by atoms with Gasteiger partial charge in [0.1, 0.15) is 18.2 Å². The summed E-state index contributed by atoms with van der Waals surface area (Å²) in [5, 5.41) is 22.1.